The molecule has 3 nitrogen and oxygen atoms in total. The maximum atomic E-state index is 6.19. The summed E-state index contributed by atoms with van der Waals surface area (Å²) in [6.07, 6.45) is 0. The predicted octanol–water partition coefficient (Wildman–Crippen LogP) is 14.8. The number of hydrogen-bond acceptors (Lipinski definition) is 1. The minimum absolute atomic E-state index is 0.904. The number of hydrogen-bond donors (Lipinski definition) is 0. The van der Waals surface area contributed by atoms with E-state index in [2.05, 4.69) is 203 Å². The molecule has 0 radical (unpaired) electrons. The Bertz CT molecular complexity index is 3300. The Kier molecular flexibility index (Phi) is 6.93. The van der Waals surface area contributed by atoms with Crippen LogP contribution in [0.5, 0.6) is 0 Å². The summed E-state index contributed by atoms with van der Waals surface area (Å²) in [5.41, 5.74) is 15.8. The van der Waals surface area contributed by atoms with E-state index >= 15 is 0 Å². The number of para-hydroxylation sites is 5. The minimum Gasteiger partial charge on any atom is -0.456 e. The molecule has 0 amide bonds. The molecule has 0 saturated heterocycles. The minimum atomic E-state index is 0.904. The molecule has 0 aliphatic carbocycles. The smallest absolute Gasteiger partial charge is 0.135 e. The average Bonchev–Trinajstić information content (AvgIpc) is 3.94. The standard InChI is InChI=1S/C54H34N2O/c1-2-17-42(37-28-29-54-48(33-37)47-22-7-12-27-53(47)57-54)41(16-1)36-15-13-14-35(30-36)38-31-39(55-49-23-8-3-18-43(49)44-19-4-9-24-50(44)55)34-40(32-38)56-51-25-10-5-20-45(51)46-21-6-11-26-52(46)56/h1-34H. The monoisotopic (exact) mass is 726 g/mol. The molecule has 3 aromatic heterocycles. The van der Waals surface area contributed by atoms with E-state index in [1.165, 1.54) is 60.3 Å². The van der Waals surface area contributed by atoms with Crippen molar-refractivity contribution in [3.63, 3.8) is 0 Å². The second kappa shape index (κ2) is 12.5. The molecule has 0 atom stereocenters. The second-order valence-corrected chi connectivity index (χ2v) is 14.9. The number of aromatic nitrogens is 2. The second-order valence-electron chi connectivity index (χ2n) is 14.9. The van der Waals surface area contributed by atoms with E-state index in [4.69, 9.17) is 4.42 Å². The van der Waals surface area contributed by atoms with Crippen LogP contribution in [0.25, 0.3) is 110 Å². The summed E-state index contributed by atoms with van der Waals surface area (Å²) >= 11 is 0. The van der Waals surface area contributed by atoms with E-state index in [1.54, 1.807) is 0 Å². The van der Waals surface area contributed by atoms with Gasteiger partial charge in [-0.05, 0) is 100 Å². The number of fused-ring (bicyclic) bond motifs is 9. The third kappa shape index (κ3) is 4.92. The Labute approximate surface area is 328 Å². The Hall–Kier alpha value is -7.62. The van der Waals surface area contributed by atoms with Crippen LogP contribution in [0.2, 0.25) is 0 Å². The molecule has 266 valence electrons. The quantitative estimate of drug-likeness (QED) is 0.173. The van der Waals surface area contributed by atoms with Gasteiger partial charge >= 0.3 is 0 Å². The first-order valence-electron chi connectivity index (χ1n) is 19.5. The number of nitrogens with zero attached hydrogens (tertiary/aromatic N) is 2. The van der Waals surface area contributed by atoms with Gasteiger partial charge in [-0.1, -0.05) is 140 Å². The Morgan fingerprint density at radius 3 is 1.26 bits per heavy atom. The van der Waals surface area contributed by atoms with Crippen molar-refractivity contribution in [1.82, 2.24) is 9.13 Å². The van der Waals surface area contributed by atoms with Gasteiger partial charge in [0, 0.05) is 43.7 Å². The van der Waals surface area contributed by atoms with Gasteiger partial charge in [0.25, 0.3) is 0 Å². The van der Waals surface area contributed by atoms with Gasteiger partial charge in [0.1, 0.15) is 11.2 Å². The lowest BCUT2D eigenvalue weighted by atomic mass is 9.92. The molecule has 3 heterocycles. The van der Waals surface area contributed by atoms with Gasteiger partial charge in [0.05, 0.1) is 22.1 Å². The molecule has 0 aliphatic heterocycles. The van der Waals surface area contributed by atoms with Crippen LogP contribution in [0.4, 0.5) is 0 Å². The van der Waals surface area contributed by atoms with E-state index in [-0.39, 0.29) is 0 Å². The summed E-state index contributed by atoms with van der Waals surface area (Å²) in [6, 6.07) is 74.7. The number of rotatable bonds is 5. The van der Waals surface area contributed by atoms with Crippen molar-refractivity contribution in [3.05, 3.63) is 206 Å². The maximum Gasteiger partial charge on any atom is 0.135 e. The van der Waals surface area contributed by atoms with Crippen molar-refractivity contribution >= 4 is 65.6 Å². The van der Waals surface area contributed by atoms with Crippen LogP contribution >= 0.6 is 0 Å². The number of furan rings is 1. The third-order valence-electron chi connectivity index (χ3n) is 11.7. The summed E-state index contributed by atoms with van der Waals surface area (Å²) in [4.78, 5) is 0. The normalized spacial score (nSPS) is 11.9. The Balaban J connectivity index is 1.08. The Morgan fingerprint density at radius 1 is 0.263 bits per heavy atom. The predicted molar refractivity (Wildman–Crippen MR) is 239 cm³/mol. The van der Waals surface area contributed by atoms with Crippen LogP contribution in [-0.4, -0.2) is 9.13 Å². The molecule has 3 heteroatoms. The van der Waals surface area contributed by atoms with Gasteiger partial charge in [-0.2, -0.15) is 0 Å². The summed E-state index contributed by atoms with van der Waals surface area (Å²) in [6.45, 7) is 0. The third-order valence-corrected chi connectivity index (χ3v) is 11.7. The molecule has 9 aromatic carbocycles. The van der Waals surface area contributed by atoms with Crippen molar-refractivity contribution < 1.29 is 4.42 Å². The molecule has 57 heavy (non-hydrogen) atoms. The maximum absolute atomic E-state index is 6.19. The van der Waals surface area contributed by atoms with Crippen molar-refractivity contribution in [3.8, 4) is 44.8 Å². The first kappa shape index (κ1) is 31.7. The zero-order valence-electron chi connectivity index (χ0n) is 30.9. The molecule has 0 unspecified atom stereocenters. The van der Waals surface area contributed by atoms with Crippen LogP contribution in [0.1, 0.15) is 0 Å². The molecule has 12 aromatic rings. The highest BCUT2D eigenvalue weighted by atomic mass is 16.3. The molecule has 0 spiro atoms. The molecule has 0 bridgehead atoms. The summed E-state index contributed by atoms with van der Waals surface area (Å²) in [5.74, 6) is 0. The van der Waals surface area contributed by atoms with Crippen molar-refractivity contribution in [2.45, 2.75) is 0 Å². The lowest BCUT2D eigenvalue weighted by molar-refractivity contribution is 0.669. The lowest BCUT2D eigenvalue weighted by Crippen LogP contribution is -2.00. The highest BCUT2D eigenvalue weighted by Gasteiger charge is 2.18. The first-order chi connectivity index (χ1) is 28.3. The van der Waals surface area contributed by atoms with Gasteiger partial charge < -0.3 is 13.6 Å². The zero-order chi connectivity index (χ0) is 37.5. The van der Waals surface area contributed by atoms with Crippen LogP contribution in [-0.2, 0) is 0 Å². The summed E-state index contributed by atoms with van der Waals surface area (Å²) < 4.78 is 11.0. The SMILES string of the molecule is c1cc(-c2cc(-n3c4ccccc4c4ccccc43)cc(-n3c4ccccc4c4ccccc43)c2)cc(-c2ccccc2-c2ccc3oc4ccccc4c3c2)c1. The van der Waals surface area contributed by atoms with E-state index in [1.807, 2.05) is 12.1 Å². The topological polar surface area (TPSA) is 23.0 Å². The van der Waals surface area contributed by atoms with Crippen LogP contribution in [0.15, 0.2) is 211 Å². The van der Waals surface area contributed by atoms with Crippen LogP contribution in [0.3, 0.4) is 0 Å². The van der Waals surface area contributed by atoms with Gasteiger partial charge in [-0.3, -0.25) is 0 Å². The van der Waals surface area contributed by atoms with E-state index in [0.29, 0.717) is 0 Å². The van der Waals surface area contributed by atoms with E-state index in [0.717, 1.165) is 50.0 Å². The highest BCUT2D eigenvalue weighted by Crippen LogP contribution is 2.40. The van der Waals surface area contributed by atoms with Crippen LogP contribution in [0, 0.1) is 0 Å². The molecule has 0 saturated carbocycles. The first-order valence-corrected chi connectivity index (χ1v) is 19.5. The largest absolute Gasteiger partial charge is 0.456 e. The van der Waals surface area contributed by atoms with E-state index < -0.39 is 0 Å². The lowest BCUT2D eigenvalue weighted by Gasteiger charge is -2.17. The van der Waals surface area contributed by atoms with Crippen LogP contribution < -0.4 is 0 Å². The molecule has 0 N–H and O–H groups in total. The molecule has 0 fully saturated rings. The van der Waals surface area contributed by atoms with E-state index in [9.17, 15) is 0 Å². The van der Waals surface area contributed by atoms with Crippen molar-refractivity contribution in [2.75, 3.05) is 0 Å². The van der Waals surface area contributed by atoms with Gasteiger partial charge in [0.15, 0.2) is 0 Å². The molecular formula is C54H34N2O. The summed E-state index contributed by atoms with van der Waals surface area (Å²) in [5, 5.41) is 7.26. The van der Waals surface area contributed by atoms with Gasteiger partial charge in [-0.15, -0.1) is 0 Å². The highest BCUT2D eigenvalue weighted by molar-refractivity contribution is 6.11. The number of benzene rings is 9. The van der Waals surface area contributed by atoms with Gasteiger partial charge in [-0.25, -0.2) is 0 Å². The molecular weight excluding hydrogens is 693 g/mol. The van der Waals surface area contributed by atoms with Crippen molar-refractivity contribution in [2.24, 2.45) is 0 Å². The van der Waals surface area contributed by atoms with Gasteiger partial charge in [0.2, 0.25) is 0 Å². The zero-order valence-corrected chi connectivity index (χ0v) is 30.9. The fourth-order valence-corrected chi connectivity index (χ4v) is 9.17. The Morgan fingerprint density at radius 2 is 0.702 bits per heavy atom. The fraction of sp³-hybridized carbons (Fsp3) is 0. The van der Waals surface area contributed by atoms with Crippen molar-refractivity contribution in [1.29, 1.82) is 0 Å². The summed E-state index contributed by atoms with van der Waals surface area (Å²) in [7, 11) is 0. The molecule has 12 rings (SSSR count). The fourth-order valence-electron chi connectivity index (χ4n) is 9.17. The average molecular weight is 727 g/mol. The molecule has 0 aliphatic rings.